The third-order valence-electron chi connectivity index (χ3n) is 4.48. The van der Waals surface area contributed by atoms with Gasteiger partial charge in [0.2, 0.25) is 0 Å². The number of hydrogen-bond acceptors (Lipinski definition) is 4. The lowest BCUT2D eigenvalue weighted by Crippen LogP contribution is -2.86. The van der Waals surface area contributed by atoms with E-state index in [1.54, 1.807) is 19.1 Å². The second-order valence-electron chi connectivity index (χ2n) is 6.30. The molecule has 7 heteroatoms. The highest BCUT2D eigenvalue weighted by molar-refractivity contribution is 5.95. The summed E-state index contributed by atoms with van der Waals surface area (Å²) in [6.45, 7) is 4.50. The Hall–Kier alpha value is -3.06. The Kier molecular flexibility index (Phi) is 5.93. The molecule has 0 saturated carbocycles. The standard InChI is InChI=1S/C20H23N3O4/c1-3-26-19(24)17-15(12-21-13(2)14-8-5-4-6-9-14)22-20(25)23-18(17)16-10-7-11-27-16/h4-11,13,18,21H,3,12H2,1-2H3,(H2,22,23,25)/p+1/t13-,18+/m0/s1. The van der Waals surface area contributed by atoms with Crippen LogP contribution in [0.15, 0.2) is 64.4 Å². The first kappa shape index (κ1) is 18.7. The predicted molar refractivity (Wildman–Crippen MR) is 98.4 cm³/mol. The molecule has 7 nitrogen and oxygen atoms in total. The first-order chi connectivity index (χ1) is 13.1. The Labute approximate surface area is 157 Å². The predicted octanol–water partition coefficient (Wildman–Crippen LogP) is 1.78. The molecule has 1 aromatic carbocycles. The van der Waals surface area contributed by atoms with Crippen LogP contribution in [0.3, 0.4) is 0 Å². The van der Waals surface area contributed by atoms with Gasteiger partial charge in [-0.15, -0.1) is 0 Å². The van der Waals surface area contributed by atoms with Gasteiger partial charge in [-0.05, 0) is 26.0 Å². The molecule has 0 radical (unpaired) electrons. The lowest BCUT2D eigenvalue weighted by Gasteiger charge is -2.27. The molecule has 4 N–H and O–H groups in total. The molecule has 1 aliphatic rings. The van der Waals surface area contributed by atoms with Gasteiger partial charge >= 0.3 is 12.0 Å². The monoisotopic (exact) mass is 370 g/mol. The number of benzene rings is 1. The topological polar surface area (TPSA) is 97.2 Å². The van der Waals surface area contributed by atoms with Crippen LogP contribution in [-0.4, -0.2) is 25.2 Å². The number of amides is 2. The molecule has 2 aromatic rings. The molecule has 0 unspecified atom stereocenters. The fourth-order valence-electron chi connectivity index (χ4n) is 3.09. The van der Waals surface area contributed by atoms with Crippen molar-refractivity contribution in [2.45, 2.75) is 25.9 Å². The first-order valence-corrected chi connectivity index (χ1v) is 8.99. The third-order valence-corrected chi connectivity index (χ3v) is 4.48. The number of carbonyl (C=O) groups excluding carboxylic acids is 2. The summed E-state index contributed by atoms with van der Waals surface area (Å²) in [6.07, 6.45) is 1.51. The minimum Gasteiger partial charge on any atom is -0.467 e. The zero-order valence-corrected chi connectivity index (χ0v) is 15.4. The number of carbonyl (C=O) groups is 2. The van der Waals surface area contributed by atoms with Gasteiger partial charge in [0.15, 0.2) is 0 Å². The summed E-state index contributed by atoms with van der Waals surface area (Å²) in [5, 5.41) is 7.57. The van der Waals surface area contributed by atoms with Crippen molar-refractivity contribution in [2.24, 2.45) is 0 Å². The summed E-state index contributed by atoms with van der Waals surface area (Å²) in [5.74, 6) is 0.0173. The Morgan fingerprint density at radius 2 is 2.04 bits per heavy atom. The van der Waals surface area contributed by atoms with Crippen LogP contribution in [0, 0.1) is 0 Å². The lowest BCUT2D eigenvalue weighted by molar-refractivity contribution is -0.686. The van der Waals surface area contributed by atoms with Gasteiger partial charge < -0.3 is 25.1 Å². The van der Waals surface area contributed by atoms with Crippen molar-refractivity contribution >= 4 is 12.0 Å². The van der Waals surface area contributed by atoms with E-state index < -0.39 is 12.0 Å². The molecule has 1 aliphatic heterocycles. The van der Waals surface area contributed by atoms with Gasteiger partial charge in [0.25, 0.3) is 0 Å². The van der Waals surface area contributed by atoms with E-state index in [0.29, 0.717) is 23.6 Å². The highest BCUT2D eigenvalue weighted by atomic mass is 16.5. The normalized spacial score (nSPS) is 17.9. The highest BCUT2D eigenvalue weighted by Gasteiger charge is 2.36. The quantitative estimate of drug-likeness (QED) is 0.647. The minimum atomic E-state index is -0.678. The molecule has 2 heterocycles. The van der Waals surface area contributed by atoms with Crippen molar-refractivity contribution in [1.29, 1.82) is 0 Å². The molecule has 27 heavy (non-hydrogen) atoms. The molecule has 0 saturated heterocycles. The maximum absolute atomic E-state index is 12.6. The van der Waals surface area contributed by atoms with Crippen LogP contribution in [0.5, 0.6) is 0 Å². The summed E-state index contributed by atoms with van der Waals surface area (Å²) < 4.78 is 10.7. The summed E-state index contributed by atoms with van der Waals surface area (Å²) >= 11 is 0. The molecule has 142 valence electrons. The molecule has 2 atom stereocenters. The van der Waals surface area contributed by atoms with E-state index >= 15 is 0 Å². The average Bonchev–Trinajstić information content (AvgIpc) is 3.21. The number of nitrogens with one attached hydrogen (secondary N) is 2. The number of urea groups is 1. The van der Waals surface area contributed by atoms with Crippen LogP contribution < -0.4 is 16.0 Å². The Morgan fingerprint density at radius 3 is 2.70 bits per heavy atom. The lowest BCUT2D eigenvalue weighted by atomic mass is 9.99. The molecular formula is C20H24N3O4+. The van der Waals surface area contributed by atoms with Crippen molar-refractivity contribution in [3.05, 3.63) is 71.3 Å². The fraction of sp³-hybridized carbons (Fsp3) is 0.300. The second-order valence-corrected chi connectivity index (χ2v) is 6.30. The number of quaternary nitrogens is 1. The molecule has 3 rings (SSSR count). The van der Waals surface area contributed by atoms with E-state index in [-0.39, 0.29) is 18.7 Å². The second kappa shape index (κ2) is 8.55. The molecule has 0 bridgehead atoms. The number of hydrogen-bond donors (Lipinski definition) is 3. The summed E-state index contributed by atoms with van der Waals surface area (Å²) in [4.78, 5) is 24.8. The van der Waals surface area contributed by atoms with Gasteiger partial charge in [-0.1, -0.05) is 30.3 Å². The molecule has 0 fully saturated rings. The Bertz CT molecular complexity index is 815. The Morgan fingerprint density at radius 1 is 1.26 bits per heavy atom. The highest BCUT2D eigenvalue weighted by Crippen LogP contribution is 2.27. The fourth-order valence-corrected chi connectivity index (χ4v) is 3.09. The van der Waals surface area contributed by atoms with E-state index in [2.05, 4.69) is 35.0 Å². The van der Waals surface area contributed by atoms with Crippen molar-refractivity contribution in [2.75, 3.05) is 13.2 Å². The van der Waals surface area contributed by atoms with Crippen LogP contribution >= 0.6 is 0 Å². The van der Waals surface area contributed by atoms with Crippen molar-refractivity contribution in [3.63, 3.8) is 0 Å². The van der Waals surface area contributed by atoms with Crippen LogP contribution in [0.25, 0.3) is 0 Å². The molecule has 1 aromatic heterocycles. The van der Waals surface area contributed by atoms with Crippen LogP contribution in [0.4, 0.5) is 4.79 Å². The number of esters is 1. The zero-order valence-electron chi connectivity index (χ0n) is 15.4. The molecule has 2 amide bonds. The van der Waals surface area contributed by atoms with Crippen molar-refractivity contribution in [3.8, 4) is 0 Å². The van der Waals surface area contributed by atoms with Crippen LogP contribution in [0.2, 0.25) is 0 Å². The summed E-state index contributed by atoms with van der Waals surface area (Å²) in [7, 11) is 0. The van der Waals surface area contributed by atoms with Crippen molar-refractivity contribution in [1.82, 2.24) is 10.6 Å². The minimum absolute atomic E-state index is 0.163. The number of nitrogens with two attached hydrogens (primary N) is 1. The average molecular weight is 370 g/mol. The molecular weight excluding hydrogens is 346 g/mol. The van der Waals surface area contributed by atoms with Gasteiger partial charge in [0.05, 0.1) is 24.1 Å². The zero-order chi connectivity index (χ0) is 19.2. The number of ether oxygens (including phenoxy) is 1. The van der Waals surface area contributed by atoms with Crippen molar-refractivity contribution < 1.29 is 24.1 Å². The van der Waals surface area contributed by atoms with E-state index in [4.69, 9.17) is 9.15 Å². The maximum atomic E-state index is 12.6. The third kappa shape index (κ3) is 4.38. The smallest absolute Gasteiger partial charge is 0.338 e. The number of furan rings is 1. The maximum Gasteiger partial charge on any atom is 0.338 e. The molecule has 0 spiro atoms. The van der Waals surface area contributed by atoms with Gasteiger partial charge in [-0.3, -0.25) is 0 Å². The van der Waals surface area contributed by atoms with E-state index in [0.717, 1.165) is 0 Å². The van der Waals surface area contributed by atoms with Gasteiger partial charge in [-0.2, -0.15) is 0 Å². The molecule has 0 aliphatic carbocycles. The van der Waals surface area contributed by atoms with E-state index in [1.165, 1.54) is 11.8 Å². The van der Waals surface area contributed by atoms with Crippen LogP contribution in [-0.2, 0) is 9.53 Å². The van der Waals surface area contributed by atoms with Crippen LogP contribution in [0.1, 0.15) is 37.3 Å². The summed E-state index contributed by atoms with van der Waals surface area (Å²) in [5.41, 5.74) is 2.06. The van der Waals surface area contributed by atoms with E-state index in [1.807, 2.05) is 18.2 Å². The largest absolute Gasteiger partial charge is 0.467 e. The van der Waals surface area contributed by atoms with E-state index in [9.17, 15) is 9.59 Å². The van der Waals surface area contributed by atoms with Gasteiger partial charge in [0, 0.05) is 5.56 Å². The van der Waals surface area contributed by atoms with Gasteiger partial charge in [0.1, 0.15) is 24.4 Å². The first-order valence-electron chi connectivity index (χ1n) is 8.99. The number of rotatable bonds is 7. The SMILES string of the molecule is CCOC(=O)C1=C(C[NH2+][C@@H](C)c2ccccc2)NC(=O)N[C@@H]1c1ccco1. The van der Waals surface area contributed by atoms with Gasteiger partial charge in [-0.25, -0.2) is 9.59 Å². The Balaban J connectivity index is 1.87. The summed E-state index contributed by atoms with van der Waals surface area (Å²) in [6, 6.07) is 12.6.